The summed E-state index contributed by atoms with van der Waals surface area (Å²) in [7, 11) is 0. The zero-order valence-corrected chi connectivity index (χ0v) is 14.8. The maximum atomic E-state index is 9.04. The predicted octanol–water partition coefficient (Wildman–Crippen LogP) is 0.694. The lowest BCUT2D eigenvalue weighted by molar-refractivity contribution is -0.912. The fraction of sp³-hybridized carbons (Fsp3) is 0.467. The highest BCUT2D eigenvalue weighted by molar-refractivity contribution is 9.10. The Labute approximate surface area is 144 Å². The molecule has 0 spiro atoms. The summed E-state index contributed by atoms with van der Waals surface area (Å²) in [5.41, 5.74) is 1.39. The molecule has 0 amide bonds. The molecule has 1 atom stereocenters. The van der Waals surface area contributed by atoms with Crippen molar-refractivity contribution in [2.75, 3.05) is 19.0 Å². The van der Waals surface area contributed by atoms with Crippen molar-refractivity contribution in [2.24, 2.45) is 0 Å². The molecule has 0 aliphatic carbocycles. The van der Waals surface area contributed by atoms with Gasteiger partial charge in [0.25, 0.3) is 0 Å². The van der Waals surface area contributed by atoms with E-state index in [9.17, 15) is 0 Å². The van der Waals surface area contributed by atoms with Crippen LogP contribution in [0.4, 0.5) is 0 Å². The van der Waals surface area contributed by atoms with E-state index < -0.39 is 11.9 Å². The number of unbranched alkanes of at least 4 members (excludes halogenated alkanes) is 1. The Hall–Kier alpha value is -1.11. The summed E-state index contributed by atoms with van der Waals surface area (Å²) in [6.45, 7) is 5.72. The monoisotopic (exact) mass is 393 g/mol. The maximum absolute atomic E-state index is 9.04. The van der Waals surface area contributed by atoms with Gasteiger partial charge in [-0.1, -0.05) is 34.1 Å². The second kappa shape index (κ2) is 12.4. The molecule has 0 heterocycles. The Kier molecular flexibility index (Phi) is 11.8. The molecule has 0 radical (unpaired) electrons. The molecule has 1 rings (SSSR count). The molecule has 0 aliphatic heterocycles. The number of alkyl halides is 1. The highest BCUT2D eigenvalue weighted by atomic mass is 79.9. The predicted molar refractivity (Wildman–Crippen MR) is 86.8 cm³/mol. The highest BCUT2D eigenvalue weighted by Crippen LogP contribution is 2.14. The van der Waals surface area contributed by atoms with Crippen LogP contribution in [0.15, 0.2) is 28.7 Å². The summed E-state index contributed by atoms with van der Waals surface area (Å²) >= 11 is 9.30. The average molecular weight is 395 g/mol. The molecule has 7 heteroatoms. The van der Waals surface area contributed by atoms with Gasteiger partial charge in [0.05, 0.1) is 13.1 Å². The quantitative estimate of drug-likeness (QED) is 0.405. The molecule has 5 nitrogen and oxygen atoms in total. The van der Waals surface area contributed by atoms with E-state index >= 15 is 0 Å². The van der Waals surface area contributed by atoms with Gasteiger partial charge < -0.3 is 19.9 Å². The number of carboxylic acid groups (broad SMARTS) is 2. The lowest BCUT2D eigenvalue weighted by Gasteiger charge is -2.18. The summed E-state index contributed by atoms with van der Waals surface area (Å²) < 4.78 is 1.22. The van der Waals surface area contributed by atoms with Crippen molar-refractivity contribution in [3.05, 3.63) is 34.3 Å². The van der Waals surface area contributed by atoms with Crippen LogP contribution >= 0.6 is 27.5 Å². The van der Waals surface area contributed by atoms with E-state index in [2.05, 4.69) is 47.1 Å². The third-order valence-electron chi connectivity index (χ3n) is 2.99. The zero-order valence-electron chi connectivity index (χ0n) is 12.5. The van der Waals surface area contributed by atoms with E-state index in [-0.39, 0.29) is 0 Å². The molecule has 1 aromatic rings. The summed E-state index contributed by atoms with van der Waals surface area (Å²) in [6.07, 6.45) is 2.35. The van der Waals surface area contributed by atoms with Crippen LogP contribution in [0, 0.1) is 0 Å². The molecule has 1 aromatic carbocycles. The molecule has 2 N–H and O–H groups in total. The molecule has 0 fully saturated rings. The third-order valence-corrected chi connectivity index (χ3v) is 4.03. The molecular weight excluding hydrogens is 374 g/mol. The standard InChI is InChI=1S/C13H19BrClN.C2H2O4/c1-2-16(10-6-5-9-15)11-12-7-3-4-8-13(12)14;3-1(4)2(5)6/h3-4,7-8H,2,5-6,9-11H2,1H3;(H,3,4)(H,5,6). The Morgan fingerprint density at radius 1 is 1.32 bits per heavy atom. The van der Waals surface area contributed by atoms with Gasteiger partial charge >= 0.3 is 5.97 Å². The largest absolute Gasteiger partial charge is 0.539 e. The Morgan fingerprint density at radius 3 is 2.36 bits per heavy atom. The van der Waals surface area contributed by atoms with Crippen LogP contribution in [0.5, 0.6) is 0 Å². The molecule has 22 heavy (non-hydrogen) atoms. The number of carboxylic acids is 2. The second-order valence-corrected chi connectivity index (χ2v) is 5.84. The maximum Gasteiger partial charge on any atom is 0.351 e. The molecule has 1 unspecified atom stereocenters. The number of aliphatic carboxylic acids is 2. The molecular formula is C15H21BrClNO4. The van der Waals surface area contributed by atoms with E-state index in [1.165, 1.54) is 29.5 Å². The minimum absolute atomic E-state index is 0.784. The summed E-state index contributed by atoms with van der Waals surface area (Å²) in [5.74, 6) is -3.23. The molecule has 0 saturated heterocycles. The van der Waals surface area contributed by atoms with Crippen LogP contribution in [0.1, 0.15) is 25.3 Å². The van der Waals surface area contributed by atoms with E-state index in [1.54, 1.807) is 4.90 Å². The van der Waals surface area contributed by atoms with Gasteiger partial charge in [-0.15, -0.1) is 11.6 Å². The first-order valence-electron chi connectivity index (χ1n) is 6.99. The van der Waals surface area contributed by atoms with Crippen molar-refractivity contribution in [3.8, 4) is 0 Å². The number of benzene rings is 1. The van der Waals surface area contributed by atoms with Gasteiger partial charge in [-0.05, 0) is 25.8 Å². The summed E-state index contributed by atoms with van der Waals surface area (Å²) in [6, 6.07) is 8.47. The second-order valence-electron chi connectivity index (χ2n) is 4.61. The van der Waals surface area contributed by atoms with Gasteiger partial charge in [0, 0.05) is 15.9 Å². The van der Waals surface area contributed by atoms with Crippen molar-refractivity contribution in [3.63, 3.8) is 0 Å². The number of nitrogens with one attached hydrogen (secondary N) is 1. The van der Waals surface area contributed by atoms with E-state index in [0.717, 1.165) is 18.8 Å². The first kappa shape index (κ1) is 20.9. The van der Waals surface area contributed by atoms with Crippen LogP contribution < -0.4 is 10.0 Å². The minimum Gasteiger partial charge on any atom is -0.539 e. The Bertz CT molecular complexity index is 459. The van der Waals surface area contributed by atoms with Crippen LogP contribution in [0.3, 0.4) is 0 Å². The van der Waals surface area contributed by atoms with Crippen LogP contribution in [-0.2, 0) is 16.1 Å². The molecule has 0 bridgehead atoms. The lowest BCUT2D eigenvalue weighted by Crippen LogP contribution is -3.10. The molecule has 0 saturated carbocycles. The van der Waals surface area contributed by atoms with Crippen molar-refractivity contribution in [1.29, 1.82) is 0 Å². The molecule has 124 valence electrons. The van der Waals surface area contributed by atoms with Crippen LogP contribution in [-0.4, -0.2) is 36.0 Å². The number of halogens is 2. The number of carbonyl (C=O) groups is 2. The average Bonchev–Trinajstić information content (AvgIpc) is 2.49. The molecule has 0 aromatic heterocycles. The van der Waals surface area contributed by atoms with Crippen molar-refractivity contribution < 1.29 is 24.7 Å². The van der Waals surface area contributed by atoms with Gasteiger partial charge in [0.1, 0.15) is 6.54 Å². The normalized spacial score (nSPS) is 11.2. The smallest absolute Gasteiger partial charge is 0.351 e. The highest BCUT2D eigenvalue weighted by Gasteiger charge is 2.08. The van der Waals surface area contributed by atoms with Gasteiger partial charge in [-0.25, -0.2) is 4.79 Å². The number of carbonyl (C=O) groups excluding carboxylic acids is 1. The van der Waals surface area contributed by atoms with E-state index in [1.807, 2.05) is 0 Å². The van der Waals surface area contributed by atoms with Crippen molar-refractivity contribution in [1.82, 2.24) is 0 Å². The van der Waals surface area contributed by atoms with Gasteiger partial charge in [0.2, 0.25) is 0 Å². The summed E-state index contributed by atoms with van der Waals surface area (Å²) in [4.78, 5) is 19.6. The van der Waals surface area contributed by atoms with E-state index in [0.29, 0.717) is 0 Å². The van der Waals surface area contributed by atoms with E-state index in [4.69, 9.17) is 31.4 Å². The number of quaternary nitrogens is 1. The minimum atomic E-state index is -2.07. The van der Waals surface area contributed by atoms with Gasteiger partial charge in [-0.2, -0.15) is 0 Å². The summed E-state index contributed by atoms with van der Waals surface area (Å²) in [5, 5.41) is 16.3. The van der Waals surface area contributed by atoms with Gasteiger partial charge in [0.15, 0.2) is 5.97 Å². The topological polar surface area (TPSA) is 81.9 Å². The first-order chi connectivity index (χ1) is 10.4. The zero-order chi connectivity index (χ0) is 17.0. The number of hydrogen-bond acceptors (Lipinski definition) is 3. The fourth-order valence-electron chi connectivity index (χ4n) is 1.77. The SMILES string of the molecule is CC[NH+](CCCCCl)Cc1ccccc1Br.O=C([O-])C(=O)O. The Morgan fingerprint density at radius 2 is 1.91 bits per heavy atom. The van der Waals surface area contributed by atoms with Crippen LogP contribution in [0.2, 0.25) is 0 Å². The lowest BCUT2D eigenvalue weighted by atomic mass is 10.2. The first-order valence-corrected chi connectivity index (χ1v) is 8.32. The Balaban J connectivity index is 0.000000626. The van der Waals surface area contributed by atoms with Crippen LogP contribution in [0.25, 0.3) is 0 Å². The van der Waals surface area contributed by atoms with Crippen molar-refractivity contribution >= 4 is 39.5 Å². The molecule has 0 aliphatic rings. The van der Waals surface area contributed by atoms with Gasteiger partial charge in [-0.3, -0.25) is 0 Å². The number of rotatable bonds is 7. The third kappa shape index (κ3) is 9.76. The van der Waals surface area contributed by atoms with Crippen molar-refractivity contribution in [2.45, 2.75) is 26.3 Å². The fourth-order valence-corrected chi connectivity index (χ4v) is 2.38. The number of hydrogen-bond donors (Lipinski definition) is 2.